The highest BCUT2D eigenvalue weighted by Gasteiger charge is 2.17. The van der Waals surface area contributed by atoms with Crippen molar-refractivity contribution in [3.05, 3.63) is 24.3 Å². The van der Waals surface area contributed by atoms with Crippen LogP contribution in [0, 0.1) is 5.92 Å². The normalized spacial score (nSPS) is 16.7. The fourth-order valence-corrected chi connectivity index (χ4v) is 2.33. The molecule has 0 bridgehead atoms. The zero-order chi connectivity index (χ0) is 17.5. The zero-order valence-corrected chi connectivity index (χ0v) is 14.2. The van der Waals surface area contributed by atoms with Gasteiger partial charge in [-0.2, -0.15) is 0 Å². The van der Waals surface area contributed by atoms with Gasteiger partial charge in [0.1, 0.15) is 0 Å². The summed E-state index contributed by atoms with van der Waals surface area (Å²) in [4.78, 5) is 26.0. The van der Waals surface area contributed by atoms with E-state index in [2.05, 4.69) is 15.5 Å². The molecule has 1 fully saturated rings. The predicted octanol–water partition coefficient (Wildman–Crippen LogP) is 0.879. The Balaban J connectivity index is 1.83. The molecule has 1 aromatic carbocycles. The molecule has 4 N–H and O–H groups in total. The lowest BCUT2D eigenvalue weighted by molar-refractivity contribution is -0.119. The molecule has 132 valence electrons. The minimum Gasteiger partial charge on any atom is -0.379 e. The SMILES string of the molecule is CC(C)[C@H](N)C(=O)Nc1ccc(NC(=O)CN2CCOCC2)cc1. The number of amides is 2. The van der Waals surface area contributed by atoms with Gasteiger partial charge in [0.2, 0.25) is 11.8 Å². The molecule has 1 aromatic rings. The second-order valence-corrected chi connectivity index (χ2v) is 6.27. The van der Waals surface area contributed by atoms with E-state index >= 15 is 0 Å². The van der Waals surface area contributed by atoms with Crippen molar-refractivity contribution in [2.75, 3.05) is 43.5 Å². The maximum absolute atomic E-state index is 12.0. The first-order chi connectivity index (χ1) is 11.5. The average molecular weight is 334 g/mol. The van der Waals surface area contributed by atoms with E-state index in [9.17, 15) is 9.59 Å². The lowest BCUT2D eigenvalue weighted by Gasteiger charge is -2.25. The summed E-state index contributed by atoms with van der Waals surface area (Å²) in [6.45, 7) is 7.03. The van der Waals surface area contributed by atoms with E-state index in [1.54, 1.807) is 24.3 Å². The molecule has 1 aliphatic rings. The molecular formula is C17H26N4O3. The third-order valence-corrected chi connectivity index (χ3v) is 3.93. The summed E-state index contributed by atoms with van der Waals surface area (Å²) in [6, 6.07) is 6.46. The number of anilines is 2. The summed E-state index contributed by atoms with van der Waals surface area (Å²) >= 11 is 0. The standard InChI is InChI=1S/C17H26N4O3/c1-12(2)16(18)17(23)20-14-5-3-13(4-6-14)19-15(22)11-21-7-9-24-10-8-21/h3-6,12,16H,7-11,18H2,1-2H3,(H,19,22)(H,20,23)/t16-/m0/s1. The summed E-state index contributed by atoms with van der Waals surface area (Å²) in [6.07, 6.45) is 0. The van der Waals surface area contributed by atoms with Crippen LogP contribution >= 0.6 is 0 Å². The maximum Gasteiger partial charge on any atom is 0.241 e. The fraction of sp³-hybridized carbons (Fsp3) is 0.529. The number of hydrogen-bond acceptors (Lipinski definition) is 5. The van der Waals surface area contributed by atoms with Gasteiger partial charge in [-0.3, -0.25) is 14.5 Å². The van der Waals surface area contributed by atoms with Crippen molar-refractivity contribution in [2.45, 2.75) is 19.9 Å². The highest BCUT2D eigenvalue weighted by molar-refractivity contribution is 5.95. The lowest BCUT2D eigenvalue weighted by atomic mass is 10.0. The molecule has 0 aromatic heterocycles. The molecule has 0 spiro atoms. The van der Waals surface area contributed by atoms with E-state index in [4.69, 9.17) is 10.5 Å². The van der Waals surface area contributed by atoms with Crippen molar-refractivity contribution in [2.24, 2.45) is 11.7 Å². The van der Waals surface area contributed by atoms with Crippen LogP contribution in [0.4, 0.5) is 11.4 Å². The fourth-order valence-electron chi connectivity index (χ4n) is 2.33. The number of carbonyl (C=O) groups is 2. The lowest BCUT2D eigenvalue weighted by Crippen LogP contribution is -2.41. The van der Waals surface area contributed by atoms with Crippen LogP contribution in [0.5, 0.6) is 0 Å². The molecule has 0 aliphatic carbocycles. The molecule has 1 aliphatic heterocycles. The number of hydrogen-bond donors (Lipinski definition) is 3. The molecule has 2 rings (SSSR count). The van der Waals surface area contributed by atoms with Crippen LogP contribution in [0.25, 0.3) is 0 Å². The summed E-state index contributed by atoms with van der Waals surface area (Å²) in [7, 11) is 0. The summed E-state index contributed by atoms with van der Waals surface area (Å²) in [5.74, 6) is -0.201. The molecule has 1 atom stereocenters. The predicted molar refractivity (Wildman–Crippen MR) is 93.8 cm³/mol. The Morgan fingerprint density at radius 3 is 2.21 bits per heavy atom. The summed E-state index contributed by atoms with van der Waals surface area (Å²) in [5, 5.41) is 5.62. The van der Waals surface area contributed by atoms with Crippen LogP contribution in [-0.2, 0) is 14.3 Å². The van der Waals surface area contributed by atoms with Crippen LogP contribution < -0.4 is 16.4 Å². The Labute approximate surface area is 142 Å². The van der Waals surface area contributed by atoms with Crippen LogP contribution in [-0.4, -0.2) is 55.6 Å². The van der Waals surface area contributed by atoms with Crippen LogP contribution in [0.3, 0.4) is 0 Å². The van der Waals surface area contributed by atoms with Gasteiger partial charge in [0.25, 0.3) is 0 Å². The Bertz CT molecular complexity index is 553. The number of nitrogens with one attached hydrogen (secondary N) is 2. The van der Waals surface area contributed by atoms with Crippen LogP contribution in [0.2, 0.25) is 0 Å². The molecule has 2 amide bonds. The van der Waals surface area contributed by atoms with Gasteiger partial charge in [-0.25, -0.2) is 0 Å². The van der Waals surface area contributed by atoms with Crippen molar-refractivity contribution in [3.63, 3.8) is 0 Å². The Kier molecular flexibility index (Phi) is 6.72. The van der Waals surface area contributed by atoms with E-state index in [1.165, 1.54) is 0 Å². The van der Waals surface area contributed by atoms with Crippen molar-refractivity contribution in [3.8, 4) is 0 Å². The van der Waals surface area contributed by atoms with Gasteiger partial charge in [-0.15, -0.1) is 0 Å². The average Bonchev–Trinajstić information content (AvgIpc) is 2.56. The largest absolute Gasteiger partial charge is 0.379 e. The minimum atomic E-state index is -0.544. The third-order valence-electron chi connectivity index (χ3n) is 3.93. The summed E-state index contributed by atoms with van der Waals surface area (Å²) in [5.41, 5.74) is 7.16. The number of nitrogens with zero attached hydrogens (tertiary/aromatic N) is 1. The van der Waals surface area contributed by atoms with Gasteiger partial charge in [-0.05, 0) is 30.2 Å². The quantitative estimate of drug-likeness (QED) is 0.717. The molecule has 7 nitrogen and oxygen atoms in total. The number of ether oxygens (including phenoxy) is 1. The van der Waals surface area contributed by atoms with Crippen molar-refractivity contribution in [1.82, 2.24) is 4.90 Å². The first-order valence-corrected chi connectivity index (χ1v) is 8.22. The maximum atomic E-state index is 12.0. The third kappa shape index (κ3) is 5.59. The van der Waals surface area contributed by atoms with Gasteiger partial charge < -0.3 is 21.1 Å². The second-order valence-electron chi connectivity index (χ2n) is 6.27. The number of rotatable bonds is 6. The van der Waals surface area contributed by atoms with Crippen molar-refractivity contribution >= 4 is 23.2 Å². The van der Waals surface area contributed by atoms with Gasteiger partial charge in [-0.1, -0.05) is 13.8 Å². The van der Waals surface area contributed by atoms with Crippen molar-refractivity contribution < 1.29 is 14.3 Å². The second kappa shape index (κ2) is 8.77. The van der Waals surface area contributed by atoms with E-state index in [0.717, 1.165) is 13.1 Å². The van der Waals surface area contributed by atoms with Gasteiger partial charge in [0.15, 0.2) is 0 Å². The highest BCUT2D eigenvalue weighted by atomic mass is 16.5. The molecule has 1 saturated heterocycles. The smallest absolute Gasteiger partial charge is 0.241 e. The first kappa shape index (κ1) is 18.4. The van der Waals surface area contributed by atoms with Gasteiger partial charge >= 0.3 is 0 Å². The Morgan fingerprint density at radius 2 is 1.67 bits per heavy atom. The molecule has 0 saturated carbocycles. The van der Waals surface area contributed by atoms with Crippen LogP contribution in [0.15, 0.2) is 24.3 Å². The number of nitrogens with two attached hydrogens (primary N) is 1. The zero-order valence-electron chi connectivity index (χ0n) is 14.2. The van der Waals surface area contributed by atoms with Gasteiger partial charge in [0, 0.05) is 24.5 Å². The molecule has 24 heavy (non-hydrogen) atoms. The molecule has 1 heterocycles. The minimum absolute atomic E-state index is 0.0597. The molecule has 7 heteroatoms. The number of morpholine rings is 1. The van der Waals surface area contributed by atoms with Crippen LogP contribution in [0.1, 0.15) is 13.8 Å². The van der Waals surface area contributed by atoms with E-state index in [0.29, 0.717) is 31.1 Å². The van der Waals surface area contributed by atoms with E-state index in [-0.39, 0.29) is 17.7 Å². The molecule has 0 radical (unpaired) electrons. The Hall–Kier alpha value is -1.96. The van der Waals surface area contributed by atoms with Crippen molar-refractivity contribution in [1.29, 1.82) is 0 Å². The van der Waals surface area contributed by atoms with E-state index in [1.807, 2.05) is 13.8 Å². The topological polar surface area (TPSA) is 96.7 Å². The van der Waals surface area contributed by atoms with E-state index < -0.39 is 6.04 Å². The summed E-state index contributed by atoms with van der Waals surface area (Å²) < 4.78 is 5.26. The first-order valence-electron chi connectivity index (χ1n) is 8.22. The monoisotopic (exact) mass is 334 g/mol. The number of carbonyl (C=O) groups excluding carboxylic acids is 2. The molecule has 0 unspecified atom stereocenters. The number of benzene rings is 1. The molecular weight excluding hydrogens is 308 g/mol. The highest BCUT2D eigenvalue weighted by Crippen LogP contribution is 2.14. The Morgan fingerprint density at radius 1 is 1.12 bits per heavy atom. The van der Waals surface area contributed by atoms with Gasteiger partial charge in [0.05, 0.1) is 25.8 Å².